The van der Waals surface area contributed by atoms with Crippen molar-refractivity contribution in [3.8, 4) is 0 Å². The van der Waals surface area contributed by atoms with Crippen molar-refractivity contribution in [2.24, 2.45) is 5.41 Å². The molecular formula is C18H33NO3. The zero-order chi connectivity index (χ0) is 16.6. The molecule has 0 bridgehead atoms. The van der Waals surface area contributed by atoms with E-state index in [4.69, 9.17) is 4.74 Å². The van der Waals surface area contributed by atoms with E-state index in [1.165, 1.54) is 0 Å². The van der Waals surface area contributed by atoms with Crippen molar-refractivity contribution >= 4 is 11.9 Å². The molecule has 0 N–H and O–H groups in total. The third-order valence-corrected chi connectivity index (χ3v) is 4.55. The van der Waals surface area contributed by atoms with Crippen LogP contribution in [-0.2, 0) is 14.3 Å². The van der Waals surface area contributed by atoms with Gasteiger partial charge in [-0.2, -0.15) is 0 Å². The van der Waals surface area contributed by atoms with Gasteiger partial charge in [0.15, 0.2) is 0 Å². The Morgan fingerprint density at radius 3 is 2.64 bits per heavy atom. The highest BCUT2D eigenvalue weighted by atomic mass is 16.5. The van der Waals surface area contributed by atoms with Gasteiger partial charge in [-0.25, -0.2) is 0 Å². The summed E-state index contributed by atoms with van der Waals surface area (Å²) >= 11 is 0. The molecule has 0 saturated carbocycles. The highest BCUT2D eigenvalue weighted by molar-refractivity contribution is 5.78. The fourth-order valence-electron chi connectivity index (χ4n) is 3.04. The number of nitrogens with zero attached hydrogens (tertiary/aromatic N) is 1. The largest absolute Gasteiger partial charge is 0.465 e. The highest BCUT2D eigenvalue weighted by Gasteiger charge is 2.35. The lowest BCUT2D eigenvalue weighted by Crippen LogP contribution is -2.44. The topological polar surface area (TPSA) is 46.6 Å². The first-order chi connectivity index (χ1) is 10.4. The summed E-state index contributed by atoms with van der Waals surface area (Å²) in [4.78, 5) is 26.6. The normalized spacial score (nSPS) is 18.0. The van der Waals surface area contributed by atoms with Crippen molar-refractivity contribution in [1.29, 1.82) is 0 Å². The zero-order valence-corrected chi connectivity index (χ0v) is 14.8. The van der Waals surface area contributed by atoms with E-state index in [0.717, 1.165) is 45.1 Å². The van der Waals surface area contributed by atoms with Crippen molar-refractivity contribution < 1.29 is 14.3 Å². The molecule has 1 fully saturated rings. The Morgan fingerprint density at radius 1 is 1.27 bits per heavy atom. The molecule has 4 nitrogen and oxygen atoms in total. The van der Waals surface area contributed by atoms with Crippen molar-refractivity contribution in [2.45, 2.75) is 85.1 Å². The molecule has 1 atom stereocenters. The van der Waals surface area contributed by atoms with E-state index in [1.54, 1.807) is 0 Å². The van der Waals surface area contributed by atoms with Gasteiger partial charge in [-0.15, -0.1) is 0 Å². The summed E-state index contributed by atoms with van der Waals surface area (Å²) in [5, 5.41) is 0. The zero-order valence-electron chi connectivity index (χ0n) is 14.8. The second-order valence-electron chi connectivity index (χ2n) is 7.04. The first kappa shape index (κ1) is 19.0. The second-order valence-corrected chi connectivity index (χ2v) is 7.04. The van der Waals surface area contributed by atoms with Crippen molar-refractivity contribution in [1.82, 2.24) is 4.90 Å². The summed E-state index contributed by atoms with van der Waals surface area (Å²) in [6.07, 6.45) is 7.34. The van der Waals surface area contributed by atoms with Gasteiger partial charge in [0.2, 0.25) is 5.91 Å². The van der Waals surface area contributed by atoms with Crippen LogP contribution >= 0.6 is 0 Å². The van der Waals surface area contributed by atoms with E-state index in [-0.39, 0.29) is 17.9 Å². The van der Waals surface area contributed by atoms with Gasteiger partial charge in [-0.3, -0.25) is 9.59 Å². The van der Waals surface area contributed by atoms with Crippen LogP contribution < -0.4 is 0 Å². The summed E-state index contributed by atoms with van der Waals surface area (Å²) in [5.74, 6) is 0.112. The smallest absolute Gasteiger partial charge is 0.311 e. The molecule has 22 heavy (non-hydrogen) atoms. The Labute approximate surface area is 135 Å². The van der Waals surface area contributed by atoms with Gasteiger partial charge in [0.05, 0.1) is 12.0 Å². The summed E-state index contributed by atoms with van der Waals surface area (Å²) in [5.41, 5.74) is -0.541. The molecule has 128 valence electrons. The molecule has 1 rings (SSSR count). The Bertz CT molecular complexity index is 365. The fourth-order valence-corrected chi connectivity index (χ4v) is 3.04. The lowest BCUT2D eigenvalue weighted by molar-refractivity contribution is -0.156. The number of hydrogen-bond donors (Lipinski definition) is 0. The van der Waals surface area contributed by atoms with Gasteiger partial charge >= 0.3 is 5.97 Å². The lowest BCUT2D eigenvalue weighted by atomic mass is 9.84. The standard InChI is InChI=1S/C18H33NO3/c1-5-7-13-22-17(21)18(3,4)14-15(6-2)19-12-10-8-9-11-16(19)20/h15H,5-14H2,1-4H3. The van der Waals surface area contributed by atoms with E-state index in [0.29, 0.717) is 19.4 Å². The molecule has 0 aromatic carbocycles. The molecule has 1 heterocycles. The SMILES string of the molecule is CCCCOC(=O)C(C)(C)CC(CC)N1CCCCCC1=O. The first-order valence-corrected chi connectivity index (χ1v) is 8.89. The predicted molar refractivity (Wildman–Crippen MR) is 88.5 cm³/mol. The fraction of sp³-hybridized carbons (Fsp3) is 0.889. The molecule has 0 aliphatic carbocycles. The van der Waals surface area contributed by atoms with Crippen molar-refractivity contribution in [3.05, 3.63) is 0 Å². The van der Waals surface area contributed by atoms with Gasteiger partial charge in [0.1, 0.15) is 0 Å². The maximum atomic E-state index is 12.3. The summed E-state index contributed by atoms with van der Waals surface area (Å²) in [7, 11) is 0. The summed E-state index contributed by atoms with van der Waals surface area (Å²) < 4.78 is 5.39. The predicted octanol–water partition coefficient (Wildman–Crippen LogP) is 3.93. The average molecular weight is 311 g/mol. The van der Waals surface area contributed by atoms with Gasteiger partial charge in [0, 0.05) is 19.0 Å². The number of carbonyl (C=O) groups excluding carboxylic acids is 2. The molecule has 1 amide bonds. The monoisotopic (exact) mass is 311 g/mol. The highest BCUT2D eigenvalue weighted by Crippen LogP contribution is 2.29. The number of carbonyl (C=O) groups is 2. The minimum atomic E-state index is -0.541. The van der Waals surface area contributed by atoms with Gasteiger partial charge < -0.3 is 9.64 Å². The summed E-state index contributed by atoms with van der Waals surface area (Å²) in [6.45, 7) is 9.38. The summed E-state index contributed by atoms with van der Waals surface area (Å²) in [6, 6.07) is 0.138. The molecule has 0 aromatic rings. The Kier molecular flexibility index (Phi) is 7.91. The molecule has 4 heteroatoms. The van der Waals surface area contributed by atoms with Crippen LogP contribution in [0.25, 0.3) is 0 Å². The first-order valence-electron chi connectivity index (χ1n) is 8.89. The Balaban J connectivity index is 2.65. The van der Waals surface area contributed by atoms with E-state index < -0.39 is 5.41 Å². The molecule has 0 spiro atoms. The van der Waals surface area contributed by atoms with E-state index in [2.05, 4.69) is 13.8 Å². The molecule has 1 aliphatic heterocycles. The molecule has 1 saturated heterocycles. The number of esters is 1. The van der Waals surface area contributed by atoms with Crippen LogP contribution in [0.1, 0.15) is 79.1 Å². The third-order valence-electron chi connectivity index (χ3n) is 4.55. The van der Waals surface area contributed by atoms with Crippen LogP contribution in [0, 0.1) is 5.41 Å². The molecule has 0 radical (unpaired) electrons. The van der Waals surface area contributed by atoms with Crippen molar-refractivity contribution in [2.75, 3.05) is 13.2 Å². The molecule has 0 aromatic heterocycles. The van der Waals surface area contributed by atoms with Crippen LogP contribution in [0.5, 0.6) is 0 Å². The van der Waals surface area contributed by atoms with Gasteiger partial charge in [-0.05, 0) is 46.0 Å². The van der Waals surface area contributed by atoms with Gasteiger partial charge in [0.25, 0.3) is 0 Å². The molecular weight excluding hydrogens is 278 g/mol. The number of ether oxygens (including phenoxy) is 1. The number of rotatable bonds is 8. The van der Waals surface area contributed by atoms with E-state index in [1.807, 2.05) is 18.7 Å². The van der Waals surface area contributed by atoms with Crippen LogP contribution in [0.4, 0.5) is 0 Å². The number of unbranched alkanes of at least 4 members (excludes halogenated alkanes) is 1. The van der Waals surface area contributed by atoms with E-state index >= 15 is 0 Å². The van der Waals surface area contributed by atoms with Gasteiger partial charge in [-0.1, -0.05) is 26.7 Å². The minimum Gasteiger partial charge on any atom is -0.465 e. The van der Waals surface area contributed by atoms with Crippen LogP contribution in [-0.4, -0.2) is 36.0 Å². The van der Waals surface area contributed by atoms with Crippen LogP contribution in [0.3, 0.4) is 0 Å². The maximum absolute atomic E-state index is 12.3. The number of amides is 1. The van der Waals surface area contributed by atoms with Crippen LogP contribution in [0.15, 0.2) is 0 Å². The molecule has 1 unspecified atom stereocenters. The Hall–Kier alpha value is -1.06. The van der Waals surface area contributed by atoms with Crippen LogP contribution in [0.2, 0.25) is 0 Å². The average Bonchev–Trinajstić information content (AvgIpc) is 2.69. The number of hydrogen-bond acceptors (Lipinski definition) is 3. The second kappa shape index (κ2) is 9.16. The maximum Gasteiger partial charge on any atom is 0.311 e. The quantitative estimate of drug-likeness (QED) is 0.504. The van der Waals surface area contributed by atoms with E-state index in [9.17, 15) is 9.59 Å². The minimum absolute atomic E-state index is 0.137. The van der Waals surface area contributed by atoms with Crippen molar-refractivity contribution in [3.63, 3.8) is 0 Å². The lowest BCUT2D eigenvalue weighted by Gasteiger charge is -2.35. The number of likely N-dealkylation sites (tertiary alicyclic amines) is 1. The molecule has 1 aliphatic rings. The Morgan fingerprint density at radius 2 is 2.00 bits per heavy atom. The third kappa shape index (κ3) is 5.62.